The Balaban J connectivity index is 2.36. The molecular weight excluding hydrogens is 280 g/mol. The Hall–Kier alpha value is -1.50. The number of aromatic nitrogens is 1. The van der Waals surface area contributed by atoms with Crippen molar-refractivity contribution in [1.29, 1.82) is 0 Å². The maximum Gasteiger partial charge on any atom is 0.229 e. The number of anilines is 1. The number of hydrogen-bond acceptors (Lipinski definition) is 5. The summed E-state index contributed by atoms with van der Waals surface area (Å²) in [7, 11) is -3.40. The maximum atomic E-state index is 11.4. The van der Waals surface area contributed by atoms with Gasteiger partial charge in [0.1, 0.15) is 11.3 Å². The second-order valence-electron chi connectivity index (χ2n) is 5.92. The van der Waals surface area contributed by atoms with Crippen molar-refractivity contribution >= 4 is 15.7 Å². The fraction of sp³-hybridized carbons (Fsp3) is 0.615. The van der Waals surface area contributed by atoms with Crippen molar-refractivity contribution in [2.45, 2.75) is 45.3 Å². The summed E-state index contributed by atoms with van der Waals surface area (Å²) in [6.45, 7) is 5.72. The average Bonchev–Trinajstić information content (AvgIpc) is 3.02. The minimum atomic E-state index is -3.40. The van der Waals surface area contributed by atoms with Crippen LogP contribution in [0.3, 0.4) is 0 Å². The third-order valence-electron chi connectivity index (χ3n) is 2.38. The molecule has 0 atom stereocenters. The number of rotatable bonds is 5. The van der Waals surface area contributed by atoms with Gasteiger partial charge in [0.2, 0.25) is 10.0 Å². The number of sulfonamides is 1. The molecule has 0 saturated heterocycles. The van der Waals surface area contributed by atoms with Gasteiger partial charge in [0.15, 0.2) is 11.5 Å². The molecule has 112 valence electrons. The van der Waals surface area contributed by atoms with E-state index in [1.54, 1.807) is 0 Å². The molecule has 0 aromatic carbocycles. The van der Waals surface area contributed by atoms with E-state index in [2.05, 4.69) is 9.71 Å². The molecule has 0 unspecified atom stereocenters. The normalized spacial score (nSPS) is 15.8. The lowest BCUT2D eigenvalue weighted by Crippen LogP contribution is -2.24. The highest BCUT2D eigenvalue weighted by Crippen LogP contribution is 2.40. The van der Waals surface area contributed by atoms with Gasteiger partial charge in [0.05, 0.1) is 24.8 Å². The van der Waals surface area contributed by atoms with Crippen LogP contribution in [-0.4, -0.2) is 31.4 Å². The van der Waals surface area contributed by atoms with E-state index in [4.69, 9.17) is 9.47 Å². The third-order valence-corrected chi connectivity index (χ3v) is 2.97. The van der Waals surface area contributed by atoms with Crippen LogP contribution >= 0.6 is 0 Å². The van der Waals surface area contributed by atoms with Gasteiger partial charge in [-0.3, -0.25) is 9.71 Å². The zero-order valence-corrected chi connectivity index (χ0v) is 13.0. The van der Waals surface area contributed by atoms with E-state index in [0.717, 1.165) is 19.1 Å². The Kier molecular flexibility index (Phi) is 3.82. The van der Waals surface area contributed by atoms with Gasteiger partial charge in [-0.15, -0.1) is 0 Å². The van der Waals surface area contributed by atoms with Crippen LogP contribution in [0.25, 0.3) is 0 Å². The number of hydrogen-bond donors (Lipinski definition) is 1. The summed E-state index contributed by atoms with van der Waals surface area (Å²) in [6, 6.07) is 0. The molecule has 1 heterocycles. The Morgan fingerprint density at radius 1 is 1.30 bits per heavy atom. The second kappa shape index (κ2) is 5.12. The zero-order valence-electron chi connectivity index (χ0n) is 12.1. The van der Waals surface area contributed by atoms with Gasteiger partial charge in [-0.05, 0) is 33.6 Å². The molecule has 1 aromatic heterocycles. The second-order valence-corrected chi connectivity index (χ2v) is 7.67. The van der Waals surface area contributed by atoms with Gasteiger partial charge in [0, 0.05) is 0 Å². The van der Waals surface area contributed by atoms with Crippen molar-refractivity contribution < 1.29 is 17.9 Å². The highest BCUT2D eigenvalue weighted by Gasteiger charge is 2.28. The first-order valence-corrected chi connectivity index (χ1v) is 8.35. The molecule has 1 aliphatic rings. The van der Waals surface area contributed by atoms with Crippen molar-refractivity contribution in [1.82, 2.24) is 4.98 Å². The summed E-state index contributed by atoms with van der Waals surface area (Å²) in [4.78, 5) is 4.01. The molecular formula is C13H20N2O4S. The molecule has 1 fully saturated rings. The van der Waals surface area contributed by atoms with Crippen LogP contribution in [0.15, 0.2) is 12.4 Å². The first-order valence-electron chi connectivity index (χ1n) is 6.45. The lowest BCUT2D eigenvalue weighted by Gasteiger charge is -2.24. The van der Waals surface area contributed by atoms with E-state index in [1.807, 2.05) is 20.8 Å². The summed E-state index contributed by atoms with van der Waals surface area (Å²) in [5.41, 5.74) is -0.117. The van der Waals surface area contributed by atoms with E-state index in [1.165, 1.54) is 12.4 Å². The van der Waals surface area contributed by atoms with Crippen molar-refractivity contribution in [3.05, 3.63) is 12.4 Å². The monoisotopic (exact) mass is 300 g/mol. The minimum Gasteiger partial charge on any atom is -0.484 e. The summed E-state index contributed by atoms with van der Waals surface area (Å²) >= 11 is 0. The number of nitrogens with one attached hydrogen (secondary N) is 1. The summed E-state index contributed by atoms with van der Waals surface area (Å²) < 4.78 is 36.8. The van der Waals surface area contributed by atoms with Gasteiger partial charge in [-0.1, -0.05) is 0 Å². The van der Waals surface area contributed by atoms with Crippen LogP contribution in [-0.2, 0) is 10.0 Å². The fourth-order valence-corrected chi connectivity index (χ4v) is 2.12. The summed E-state index contributed by atoms with van der Waals surface area (Å²) in [5, 5.41) is 0. The van der Waals surface area contributed by atoms with E-state index in [0.29, 0.717) is 17.2 Å². The van der Waals surface area contributed by atoms with Gasteiger partial charge >= 0.3 is 0 Å². The molecule has 6 nitrogen and oxygen atoms in total. The van der Waals surface area contributed by atoms with Crippen molar-refractivity contribution in [2.24, 2.45) is 0 Å². The van der Waals surface area contributed by atoms with Gasteiger partial charge in [-0.25, -0.2) is 8.42 Å². The molecule has 7 heteroatoms. The third kappa shape index (κ3) is 4.56. The van der Waals surface area contributed by atoms with Crippen molar-refractivity contribution in [3.63, 3.8) is 0 Å². The van der Waals surface area contributed by atoms with Crippen LogP contribution in [0.2, 0.25) is 0 Å². The molecule has 0 radical (unpaired) electrons. The Morgan fingerprint density at radius 2 is 1.95 bits per heavy atom. The average molecular weight is 300 g/mol. The number of nitrogens with zero attached hydrogens (tertiary/aromatic N) is 1. The van der Waals surface area contributed by atoms with Crippen molar-refractivity contribution in [3.8, 4) is 11.5 Å². The van der Waals surface area contributed by atoms with E-state index < -0.39 is 15.6 Å². The van der Waals surface area contributed by atoms with Crippen LogP contribution < -0.4 is 14.2 Å². The first kappa shape index (κ1) is 14.9. The zero-order chi connectivity index (χ0) is 15.0. The summed E-state index contributed by atoms with van der Waals surface area (Å²) in [5.74, 6) is 0.848. The molecule has 0 aliphatic heterocycles. The number of pyridine rings is 1. The minimum absolute atomic E-state index is 0.125. The highest BCUT2D eigenvalue weighted by atomic mass is 32.2. The molecule has 0 spiro atoms. The summed E-state index contributed by atoms with van der Waals surface area (Å²) in [6.07, 6.45) is 6.11. The lowest BCUT2D eigenvalue weighted by molar-refractivity contribution is 0.122. The predicted molar refractivity (Wildman–Crippen MR) is 76.7 cm³/mol. The molecule has 0 bridgehead atoms. The fourth-order valence-electron chi connectivity index (χ4n) is 1.58. The van der Waals surface area contributed by atoms with Crippen LogP contribution in [0, 0.1) is 0 Å². The smallest absolute Gasteiger partial charge is 0.229 e. The van der Waals surface area contributed by atoms with Crippen LogP contribution in [0.4, 0.5) is 5.69 Å². The van der Waals surface area contributed by atoms with Gasteiger partial charge in [-0.2, -0.15) is 0 Å². The molecule has 1 N–H and O–H groups in total. The Bertz CT molecular complexity index is 589. The molecule has 1 aromatic rings. The van der Waals surface area contributed by atoms with Crippen LogP contribution in [0.1, 0.15) is 33.6 Å². The molecule has 0 amide bonds. The SMILES string of the molecule is CC(C)(C)Oc1cncc(NS(C)(=O)=O)c1OC1CC1. The topological polar surface area (TPSA) is 77.5 Å². The maximum absolute atomic E-state index is 11.4. The van der Waals surface area contributed by atoms with E-state index in [-0.39, 0.29) is 6.10 Å². The first-order chi connectivity index (χ1) is 9.14. The van der Waals surface area contributed by atoms with E-state index in [9.17, 15) is 8.42 Å². The largest absolute Gasteiger partial charge is 0.484 e. The Morgan fingerprint density at radius 3 is 2.45 bits per heavy atom. The van der Waals surface area contributed by atoms with E-state index >= 15 is 0 Å². The predicted octanol–water partition coefficient (Wildman–Crippen LogP) is 2.17. The molecule has 20 heavy (non-hydrogen) atoms. The highest BCUT2D eigenvalue weighted by molar-refractivity contribution is 7.92. The molecule has 1 saturated carbocycles. The van der Waals surface area contributed by atoms with Crippen molar-refractivity contribution in [2.75, 3.05) is 11.0 Å². The number of ether oxygens (including phenoxy) is 2. The van der Waals surface area contributed by atoms with Gasteiger partial charge in [0.25, 0.3) is 0 Å². The molecule has 2 rings (SSSR count). The molecule has 1 aliphatic carbocycles. The quantitative estimate of drug-likeness (QED) is 0.901. The lowest BCUT2D eigenvalue weighted by atomic mass is 10.2. The van der Waals surface area contributed by atoms with Crippen LogP contribution in [0.5, 0.6) is 11.5 Å². The Labute approximate surface area is 119 Å². The standard InChI is InChI=1S/C13H20N2O4S/c1-13(2,3)19-11-8-14-7-10(15-20(4,16)17)12(11)18-9-5-6-9/h7-9,15H,5-6H2,1-4H3. The van der Waals surface area contributed by atoms with Gasteiger partial charge < -0.3 is 9.47 Å².